The Morgan fingerprint density at radius 3 is 2.85 bits per heavy atom. The number of carbonyl (C=O) groups is 2. The van der Waals surface area contributed by atoms with Crippen LogP contribution in [0, 0.1) is 6.92 Å². The summed E-state index contributed by atoms with van der Waals surface area (Å²) in [5.74, 6) is -0.646. The van der Waals surface area contributed by atoms with E-state index in [1.165, 1.54) is 18.2 Å². The maximum absolute atomic E-state index is 12.6. The number of amides is 1. The molecule has 6 heteroatoms. The Bertz CT molecular complexity index is 533. The van der Waals surface area contributed by atoms with Gasteiger partial charge >= 0.3 is 5.97 Å². The van der Waals surface area contributed by atoms with Crippen LogP contribution in [0.2, 0.25) is 5.02 Å². The molecule has 2 heterocycles. The molecular weight excluding hydrogens is 280 g/mol. The maximum Gasteiger partial charge on any atom is 0.328 e. The molecule has 20 heavy (non-hydrogen) atoms. The number of methoxy groups -OCH3 is 1. The molecule has 0 unspecified atom stereocenters. The summed E-state index contributed by atoms with van der Waals surface area (Å²) in [4.78, 5) is 30.0. The molecule has 1 aromatic heterocycles. The molecule has 2 rings (SSSR count). The fourth-order valence-corrected chi connectivity index (χ4v) is 2.68. The average Bonchev–Trinajstić information content (AvgIpc) is 2.46. The summed E-state index contributed by atoms with van der Waals surface area (Å²) < 4.78 is 4.77. The monoisotopic (exact) mass is 296 g/mol. The Balaban J connectivity index is 2.27. The molecule has 1 fully saturated rings. The number of nitrogens with zero attached hydrogens (tertiary/aromatic N) is 2. The first kappa shape index (κ1) is 14.8. The van der Waals surface area contributed by atoms with Crippen molar-refractivity contribution in [2.45, 2.75) is 32.2 Å². The van der Waals surface area contributed by atoms with Crippen molar-refractivity contribution in [3.8, 4) is 0 Å². The van der Waals surface area contributed by atoms with Gasteiger partial charge in [-0.1, -0.05) is 11.6 Å². The minimum absolute atomic E-state index is 0.266. The Morgan fingerprint density at radius 2 is 2.20 bits per heavy atom. The van der Waals surface area contributed by atoms with Gasteiger partial charge in [0.05, 0.1) is 17.7 Å². The van der Waals surface area contributed by atoms with Crippen LogP contribution in [-0.4, -0.2) is 41.5 Å². The van der Waals surface area contributed by atoms with E-state index in [0.717, 1.165) is 18.5 Å². The smallest absolute Gasteiger partial charge is 0.328 e. The van der Waals surface area contributed by atoms with Crippen molar-refractivity contribution in [3.63, 3.8) is 0 Å². The number of hydrogen-bond donors (Lipinski definition) is 0. The minimum Gasteiger partial charge on any atom is -0.467 e. The van der Waals surface area contributed by atoms with Gasteiger partial charge < -0.3 is 9.64 Å². The molecule has 1 amide bonds. The van der Waals surface area contributed by atoms with Crippen molar-refractivity contribution in [1.82, 2.24) is 9.88 Å². The van der Waals surface area contributed by atoms with E-state index in [1.807, 2.05) is 0 Å². The van der Waals surface area contributed by atoms with Crippen molar-refractivity contribution in [3.05, 3.63) is 28.5 Å². The van der Waals surface area contributed by atoms with Gasteiger partial charge in [-0.3, -0.25) is 9.78 Å². The summed E-state index contributed by atoms with van der Waals surface area (Å²) in [6, 6.07) is 1.12. The lowest BCUT2D eigenvalue weighted by Crippen LogP contribution is -2.48. The largest absolute Gasteiger partial charge is 0.467 e. The third kappa shape index (κ3) is 2.93. The Labute approximate surface area is 122 Å². The van der Waals surface area contributed by atoms with Crippen LogP contribution in [0.15, 0.2) is 12.3 Å². The van der Waals surface area contributed by atoms with Crippen LogP contribution in [0.25, 0.3) is 0 Å². The molecule has 108 valence electrons. The summed E-state index contributed by atoms with van der Waals surface area (Å²) >= 11 is 6.10. The molecule has 1 saturated heterocycles. The zero-order chi connectivity index (χ0) is 14.7. The molecule has 1 aliphatic rings. The van der Waals surface area contributed by atoms with Crippen LogP contribution in [0.3, 0.4) is 0 Å². The second kappa shape index (κ2) is 6.22. The molecular formula is C14H17ClN2O3. The second-order valence-corrected chi connectivity index (χ2v) is 5.25. The maximum atomic E-state index is 12.6. The van der Waals surface area contributed by atoms with E-state index in [1.54, 1.807) is 13.0 Å². The number of halogens is 1. The van der Waals surface area contributed by atoms with Gasteiger partial charge in [0, 0.05) is 18.4 Å². The summed E-state index contributed by atoms with van der Waals surface area (Å²) in [6.45, 7) is 2.33. The summed E-state index contributed by atoms with van der Waals surface area (Å²) in [5, 5.41) is 0.358. The van der Waals surface area contributed by atoms with E-state index in [2.05, 4.69) is 4.98 Å². The molecule has 0 aliphatic carbocycles. The highest BCUT2D eigenvalue weighted by Gasteiger charge is 2.34. The van der Waals surface area contributed by atoms with E-state index in [-0.39, 0.29) is 11.9 Å². The highest BCUT2D eigenvalue weighted by Crippen LogP contribution is 2.24. The number of esters is 1. The fraction of sp³-hybridized carbons (Fsp3) is 0.500. The molecule has 0 saturated carbocycles. The number of aryl methyl sites for hydroxylation is 1. The number of likely N-dealkylation sites (tertiary alicyclic amines) is 1. The minimum atomic E-state index is -0.529. The number of ether oxygens (including phenoxy) is 1. The van der Waals surface area contributed by atoms with Crippen molar-refractivity contribution < 1.29 is 14.3 Å². The number of hydrogen-bond acceptors (Lipinski definition) is 4. The van der Waals surface area contributed by atoms with Crippen LogP contribution < -0.4 is 0 Å². The van der Waals surface area contributed by atoms with E-state index in [0.29, 0.717) is 23.6 Å². The van der Waals surface area contributed by atoms with E-state index < -0.39 is 6.04 Å². The predicted octanol–water partition coefficient (Wildman–Crippen LogP) is 2.21. The Kier molecular flexibility index (Phi) is 4.60. The van der Waals surface area contributed by atoms with E-state index in [4.69, 9.17) is 16.3 Å². The summed E-state index contributed by atoms with van der Waals surface area (Å²) in [6.07, 6.45) is 3.86. The third-order valence-electron chi connectivity index (χ3n) is 3.46. The van der Waals surface area contributed by atoms with E-state index in [9.17, 15) is 9.59 Å². The first-order valence-electron chi connectivity index (χ1n) is 6.55. The van der Waals surface area contributed by atoms with Crippen LogP contribution in [0.1, 0.15) is 35.3 Å². The molecule has 0 N–H and O–H groups in total. The zero-order valence-electron chi connectivity index (χ0n) is 11.6. The predicted molar refractivity (Wildman–Crippen MR) is 74.7 cm³/mol. The number of carbonyl (C=O) groups excluding carboxylic acids is 2. The Morgan fingerprint density at radius 1 is 1.45 bits per heavy atom. The lowest BCUT2D eigenvalue weighted by Gasteiger charge is -2.33. The van der Waals surface area contributed by atoms with Crippen molar-refractivity contribution in [2.75, 3.05) is 13.7 Å². The standard InChI is InChI=1S/C14H17ClN2O3/c1-9-7-11(15)10(8-16-9)13(18)17-6-4-3-5-12(17)14(19)20-2/h7-8,12H,3-6H2,1-2H3/t12-/m1/s1. The zero-order valence-corrected chi connectivity index (χ0v) is 12.3. The van der Waals surface area contributed by atoms with E-state index >= 15 is 0 Å². The molecule has 0 spiro atoms. The van der Waals surface area contributed by atoms with Crippen molar-refractivity contribution in [2.24, 2.45) is 0 Å². The summed E-state index contributed by atoms with van der Waals surface area (Å²) in [7, 11) is 1.33. The topological polar surface area (TPSA) is 59.5 Å². The van der Waals surface area contributed by atoms with Gasteiger partial charge in [0.15, 0.2) is 0 Å². The molecule has 0 radical (unpaired) electrons. The number of aromatic nitrogens is 1. The normalized spacial score (nSPS) is 18.8. The number of rotatable bonds is 2. The van der Waals surface area contributed by atoms with Crippen LogP contribution >= 0.6 is 11.6 Å². The van der Waals surface area contributed by atoms with Crippen LogP contribution in [0.5, 0.6) is 0 Å². The molecule has 0 aromatic carbocycles. The van der Waals surface area contributed by atoms with Crippen molar-refractivity contribution >= 4 is 23.5 Å². The first-order chi connectivity index (χ1) is 9.54. The molecule has 1 aliphatic heterocycles. The molecule has 1 aromatic rings. The molecule has 5 nitrogen and oxygen atoms in total. The third-order valence-corrected chi connectivity index (χ3v) is 3.77. The van der Waals surface area contributed by atoms with Crippen LogP contribution in [0.4, 0.5) is 0 Å². The lowest BCUT2D eigenvalue weighted by molar-refractivity contribution is -0.147. The highest BCUT2D eigenvalue weighted by molar-refractivity contribution is 6.33. The molecule has 0 bridgehead atoms. The first-order valence-corrected chi connectivity index (χ1v) is 6.93. The lowest BCUT2D eigenvalue weighted by atomic mass is 10.0. The van der Waals surface area contributed by atoms with Gasteiger partial charge in [-0.25, -0.2) is 4.79 Å². The van der Waals surface area contributed by atoms with Gasteiger partial charge in [0.2, 0.25) is 0 Å². The average molecular weight is 297 g/mol. The quantitative estimate of drug-likeness (QED) is 0.785. The number of piperidine rings is 1. The fourth-order valence-electron chi connectivity index (χ4n) is 2.39. The number of pyridine rings is 1. The van der Waals surface area contributed by atoms with Gasteiger partial charge in [0.25, 0.3) is 5.91 Å². The van der Waals surface area contributed by atoms with Gasteiger partial charge in [-0.05, 0) is 32.3 Å². The van der Waals surface area contributed by atoms with Gasteiger partial charge in [-0.2, -0.15) is 0 Å². The van der Waals surface area contributed by atoms with Crippen LogP contribution in [-0.2, 0) is 9.53 Å². The molecule has 1 atom stereocenters. The SMILES string of the molecule is COC(=O)[C@H]1CCCCN1C(=O)c1cnc(C)cc1Cl. The summed E-state index contributed by atoms with van der Waals surface area (Å²) in [5.41, 5.74) is 1.07. The van der Waals surface area contributed by atoms with Gasteiger partial charge in [-0.15, -0.1) is 0 Å². The Hall–Kier alpha value is -1.62. The second-order valence-electron chi connectivity index (χ2n) is 4.84. The van der Waals surface area contributed by atoms with Gasteiger partial charge in [0.1, 0.15) is 6.04 Å². The highest BCUT2D eigenvalue weighted by atomic mass is 35.5. The van der Waals surface area contributed by atoms with Crippen molar-refractivity contribution in [1.29, 1.82) is 0 Å².